The first-order chi connectivity index (χ1) is 11.3. The summed E-state index contributed by atoms with van der Waals surface area (Å²) in [4.78, 5) is 4.06. The zero-order valence-electron chi connectivity index (χ0n) is 12.8. The predicted molar refractivity (Wildman–Crippen MR) is 89.3 cm³/mol. The summed E-state index contributed by atoms with van der Waals surface area (Å²) in [5.41, 5.74) is 4.76. The fourth-order valence-corrected chi connectivity index (χ4v) is 3.25. The highest BCUT2D eigenvalue weighted by Gasteiger charge is 2.29. The molecule has 0 radical (unpaired) electrons. The second-order valence-electron chi connectivity index (χ2n) is 5.97. The van der Waals surface area contributed by atoms with Crippen molar-refractivity contribution in [3.63, 3.8) is 0 Å². The lowest BCUT2D eigenvalue weighted by Gasteiger charge is -2.18. The standard InChI is InChI=1S/C19H19N3O/c23-18-11-15-3-1-2-4-17(15)19(18)21-12-14-5-7-16(8-6-14)22-10-9-20-13-22/h1-10,13,18-19,21,23H,11-12H2/t18-,19-/m0/s1. The van der Waals surface area contributed by atoms with Gasteiger partial charge in [0.1, 0.15) is 0 Å². The van der Waals surface area contributed by atoms with Crippen molar-refractivity contribution in [2.45, 2.75) is 25.1 Å². The molecule has 0 saturated heterocycles. The van der Waals surface area contributed by atoms with E-state index in [4.69, 9.17) is 0 Å². The Bertz CT molecular complexity index is 781. The third-order valence-corrected chi connectivity index (χ3v) is 4.47. The zero-order chi connectivity index (χ0) is 15.6. The molecule has 0 amide bonds. The van der Waals surface area contributed by atoms with Gasteiger partial charge >= 0.3 is 0 Å². The van der Waals surface area contributed by atoms with E-state index in [-0.39, 0.29) is 12.1 Å². The van der Waals surface area contributed by atoms with Gasteiger partial charge in [0, 0.05) is 31.0 Å². The lowest BCUT2D eigenvalue weighted by molar-refractivity contribution is 0.140. The highest BCUT2D eigenvalue weighted by atomic mass is 16.3. The topological polar surface area (TPSA) is 50.1 Å². The van der Waals surface area contributed by atoms with Crippen LogP contribution >= 0.6 is 0 Å². The van der Waals surface area contributed by atoms with Crippen LogP contribution in [-0.2, 0) is 13.0 Å². The normalized spacial score (nSPS) is 19.7. The van der Waals surface area contributed by atoms with Gasteiger partial charge < -0.3 is 15.0 Å². The van der Waals surface area contributed by atoms with Gasteiger partial charge in [-0.05, 0) is 28.8 Å². The number of nitrogens with one attached hydrogen (secondary N) is 1. The molecule has 1 aromatic heterocycles. The minimum atomic E-state index is -0.349. The molecule has 4 heteroatoms. The first-order valence-corrected chi connectivity index (χ1v) is 7.88. The fourth-order valence-electron chi connectivity index (χ4n) is 3.25. The van der Waals surface area contributed by atoms with Crippen LogP contribution in [-0.4, -0.2) is 20.8 Å². The zero-order valence-corrected chi connectivity index (χ0v) is 12.8. The molecule has 116 valence electrons. The molecular weight excluding hydrogens is 286 g/mol. The maximum atomic E-state index is 10.3. The van der Waals surface area contributed by atoms with E-state index in [1.54, 1.807) is 12.5 Å². The number of hydrogen-bond acceptors (Lipinski definition) is 3. The van der Waals surface area contributed by atoms with Gasteiger partial charge in [0.2, 0.25) is 0 Å². The van der Waals surface area contributed by atoms with Crippen molar-refractivity contribution in [2.75, 3.05) is 0 Å². The largest absolute Gasteiger partial charge is 0.391 e. The molecule has 0 unspecified atom stereocenters. The number of benzene rings is 2. The van der Waals surface area contributed by atoms with Crippen molar-refractivity contribution in [3.05, 3.63) is 83.9 Å². The molecule has 23 heavy (non-hydrogen) atoms. The van der Waals surface area contributed by atoms with Crippen LogP contribution in [0.1, 0.15) is 22.7 Å². The van der Waals surface area contributed by atoms with Gasteiger partial charge in [0.25, 0.3) is 0 Å². The SMILES string of the molecule is O[C@H]1Cc2ccccc2[C@@H]1NCc1ccc(-n2ccnc2)cc1. The van der Waals surface area contributed by atoms with Crippen LogP contribution in [0, 0.1) is 0 Å². The molecule has 2 aromatic carbocycles. The summed E-state index contributed by atoms with van der Waals surface area (Å²) in [6.07, 6.45) is 5.87. The number of aliphatic hydroxyl groups is 1. The van der Waals surface area contributed by atoms with E-state index < -0.39 is 0 Å². The number of fused-ring (bicyclic) bond motifs is 1. The van der Waals surface area contributed by atoms with Crippen LogP contribution in [0.5, 0.6) is 0 Å². The maximum Gasteiger partial charge on any atom is 0.0991 e. The van der Waals surface area contributed by atoms with Gasteiger partial charge in [0.15, 0.2) is 0 Å². The Kier molecular flexibility index (Phi) is 3.69. The van der Waals surface area contributed by atoms with Crippen LogP contribution in [0.3, 0.4) is 0 Å². The minimum absolute atomic E-state index is 0.0134. The number of hydrogen-bond donors (Lipinski definition) is 2. The average molecular weight is 305 g/mol. The number of nitrogens with zero attached hydrogens (tertiary/aromatic N) is 2. The van der Waals surface area contributed by atoms with E-state index in [0.29, 0.717) is 0 Å². The maximum absolute atomic E-state index is 10.3. The average Bonchev–Trinajstić information content (AvgIpc) is 3.21. The second kappa shape index (κ2) is 5.99. The number of imidazole rings is 1. The quantitative estimate of drug-likeness (QED) is 0.779. The molecule has 0 fully saturated rings. The molecule has 0 spiro atoms. The third-order valence-electron chi connectivity index (χ3n) is 4.47. The van der Waals surface area contributed by atoms with E-state index in [1.165, 1.54) is 16.7 Å². The smallest absolute Gasteiger partial charge is 0.0991 e. The lowest BCUT2D eigenvalue weighted by Crippen LogP contribution is -2.28. The summed E-state index contributed by atoms with van der Waals surface area (Å²) in [6.45, 7) is 0.736. The van der Waals surface area contributed by atoms with Gasteiger partial charge in [-0.25, -0.2) is 4.98 Å². The Morgan fingerprint density at radius 2 is 1.96 bits per heavy atom. The third kappa shape index (κ3) is 2.79. The van der Waals surface area contributed by atoms with Crippen molar-refractivity contribution >= 4 is 0 Å². The molecule has 2 N–H and O–H groups in total. The lowest BCUT2D eigenvalue weighted by atomic mass is 10.1. The summed E-state index contributed by atoms with van der Waals surface area (Å²) >= 11 is 0. The van der Waals surface area contributed by atoms with Crippen molar-refractivity contribution in [1.82, 2.24) is 14.9 Å². The minimum Gasteiger partial charge on any atom is -0.391 e. The Morgan fingerprint density at radius 3 is 2.74 bits per heavy atom. The molecule has 1 aliphatic rings. The Morgan fingerprint density at radius 1 is 1.13 bits per heavy atom. The Labute approximate surface area is 135 Å². The first kappa shape index (κ1) is 14.2. The van der Waals surface area contributed by atoms with Crippen LogP contribution in [0.4, 0.5) is 0 Å². The van der Waals surface area contributed by atoms with Gasteiger partial charge in [-0.2, -0.15) is 0 Å². The van der Waals surface area contributed by atoms with Gasteiger partial charge in [0.05, 0.1) is 18.5 Å². The fraction of sp³-hybridized carbons (Fsp3) is 0.211. The summed E-state index contributed by atoms with van der Waals surface area (Å²) in [6, 6.07) is 16.7. The van der Waals surface area contributed by atoms with E-state index in [0.717, 1.165) is 18.7 Å². The molecule has 4 nitrogen and oxygen atoms in total. The first-order valence-electron chi connectivity index (χ1n) is 7.88. The molecule has 1 aliphatic carbocycles. The van der Waals surface area contributed by atoms with Gasteiger partial charge in [-0.3, -0.25) is 0 Å². The predicted octanol–water partition coefficient (Wildman–Crippen LogP) is 2.62. The van der Waals surface area contributed by atoms with E-state index >= 15 is 0 Å². The molecule has 0 saturated carbocycles. The Hall–Kier alpha value is -2.43. The second-order valence-corrected chi connectivity index (χ2v) is 5.97. The molecule has 3 aromatic rings. The summed E-state index contributed by atoms with van der Waals surface area (Å²) in [5, 5.41) is 13.8. The molecule has 4 rings (SSSR count). The monoisotopic (exact) mass is 305 g/mol. The molecular formula is C19H19N3O. The van der Waals surface area contributed by atoms with Gasteiger partial charge in [-0.15, -0.1) is 0 Å². The summed E-state index contributed by atoms with van der Waals surface area (Å²) < 4.78 is 1.98. The summed E-state index contributed by atoms with van der Waals surface area (Å²) in [7, 11) is 0. The van der Waals surface area contributed by atoms with Crippen LogP contribution in [0.15, 0.2) is 67.3 Å². The molecule has 0 aliphatic heterocycles. The van der Waals surface area contributed by atoms with Crippen molar-refractivity contribution < 1.29 is 5.11 Å². The van der Waals surface area contributed by atoms with E-state index in [2.05, 4.69) is 46.7 Å². The van der Waals surface area contributed by atoms with Crippen molar-refractivity contribution in [3.8, 4) is 5.69 Å². The van der Waals surface area contributed by atoms with Gasteiger partial charge in [-0.1, -0.05) is 36.4 Å². The highest BCUT2D eigenvalue weighted by Crippen LogP contribution is 2.31. The number of aromatic nitrogens is 2. The number of rotatable bonds is 4. The van der Waals surface area contributed by atoms with Crippen molar-refractivity contribution in [2.24, 2.45) is 0 Å². The highest BCUT2D eigenvalue weighted by molar-refractivity contribution is 5.37. The van der Waals surface area contributed by atoms with Crippen LogP contribution in [0.2, 0.25) is 0 Å². The molecule has 1 heterocycles. The summed E-state index contributed by atoms with van der Waals surface area (Å²) in [5.74, 6) is 0. The molecule has 0 bridgehead atoms. The van der Waals surface area contributed by atoms with Crippen LogP contribution < -0.4 is 5.32 Å². The van der Waals surface area contributed by atoms with Crippen molar-refractivity contribution in [1.29, 1.82) is 0 Å². The van der Waals surface area contributed by atoms with E-state index in [9.17, 15) is 5.11 Å². The Balaban J connectivity index is 1.45. The number of aliphatic hydroxyl groups excluding tert-OH is 1. The van der Waals surface area contributed by atoms with E-state index in [1.807, 2.05) is 22.9 Å². The molecule has 2 atom stereocenters. The van der Waals surface area contributed by atoms with Crippen LogP contribution in [0.25, 0.3) is 5.69 Å².